The summed E-state index contributed by atoms with van der Waals surface area (Å²) < 4.78 is 18.7. The van der Waals surface area contributed by atoms with E-state index < -0.39 is 5.97 Å². The van der Waals surface area contributed by atoms with Crippen molar-refractivity contribution in [3.05, 3.63) is 149 Å². The van der Waals surface area contributed by atoms with Gasteiger partial charge in [0.2, 0.25) is 5.88 Å². The summed E-state index contributed by atoms with van der Waals surface area (Å²) in [7, 11) is 0. The predicted molar refractivity (Wildman–Crippen MR) is 174 cm³/mol. The molecule has 6 aromatic rings. The molecule has 45 heavy (non-hydrogen) atoms. The van der Waals surface area contributed by atoms with Crippen molar-refractivity contribution in [3.63, 3.8) is 0 Å². The highest BCUT2D eigenvalue weighted by atomic mass is 16.5. The van der Waals surface area contributed by atoms with Crippen LogP contribution < -0.4 is 9.47 Å². The zero-order chi connectivity index (χ0) is 31.0. The molecule has 6 rings (SSSR count). The Morgan fingerprint density at radius 1 is 0.756 bits per heavy atom. The zero-order valence-electron chi connectivity index (χ0n) is 25.0. The summed E-state index contributed by atoms with van der Waals surface area (Å²) in [6.07, 6.45) is 0.537. The van der Waals surface area contributed by atoms with Crippen molar-refractivity contribution in [2.75, 3.05) is 0 Å². The van der Waals surface area contributed by atoms with Crippen LogP contribution >= 0.6 is 0 Å². The van der Waals surface area contributed by atoms with Crippen molar-refractivity contribution in [1.82, 2.24) is 9.97 Å². The normalized spacial score (nSPS) is 11.0. The molecule has 0 radical (unpaired) electrons. The van der Waals surface area contributed by atoms with Gasteiger partial charge in [-0.2, -0.15) is 0 Å². The molecule has 0 amide bonds. The number of nitrogens with one attached hydrogen (secondary N) is 1. The van der Waals surface area contributed by atoms with Gasteiger partial charge < -0.3 is 24.3 Å². The molecule has 0 aliphatic rings. The molecule has 0 atom stereocenters. The molecule has 0 saturated carbocycles. The van der Waals surface area contributed by atoms with Crippen LogP contribution in [0.4, 0.5) is 0 Å². The van der Waals surface area contributed by atoms with Crippen LogP contribution in [0.2, 0.25) is 0 Å². The van der Waals surface area contributed by atoms with Gasteiger partial charge >= 0.3 is 5.97 Å². The first-order valence-corrected chi connectivity index (χ1v) is 15.0. The molecular formula is C38H34N2O5. The van der Waals surface area contributed by atoms with Gasteiger partial charge in [0, 0.05) is 22.3 Å². The lowest BCUT2D eigenvalue weighted by Gasteiger charge is -2.21. The van der Waals surface area contributed by atoms with Gasteiger partial charge in [-0.05, 0) is 40.6 Å². The number of aliphatic hydroxyl groups excluding tert-OH is 1. The number of carbonyl (C=O) groups excluding carboxylic acids is 1. The highest BCUT2D eigenvalue weighted by molar-refractivity contribution is 5.97. The molecular weight excluding hydrogens is 564 g/mol. The van der Waals surface area contributed by atoms with Gasteiger partial charge in [0.1, 0.15) is 25.6 Å². The molecule has 2 aromatic heterocycles. The van der Waals surface area contributed by atoms with Gasteiger partial charge in [-0.25, -0.2) is 9.78 Å². The molecule has 0 unspecified atom stereocenters. The number of aromatic amines is 1. The first-order chi connectivity index (χ1) is 22.1. The number of carbonyl (C=O) groups is 1. The standard InChI is InChI=1S/C38H34N2O5/c1-2-32-35(30-19-18-29-20-31(22-41)39-33(29)21-30)40-37(44-24-27-14-8-4-9-15-27)34(36(32)43-23-26-12-6-3-7-13-26)38(42)45-25-28-16-10-5-11-17-28/h3-21,39,41H,2,22-25H2,1H3. The topological polar surface area (TPSA) is 93.7 Å². The van der Waals surface area contributed by atoms with Gasteiger partial charge in [0.25, 0.3) is 0 Å². The quantitative estimate of drug-likeness (QED) is 0.140. The second-order valence-corrected chi connectivity index (χ2v) is 10.7. The van der Waals surface area contributed by atoms with E-state index in [0.29, 0.717) is 17.9 Å². The summed E-state index contributed by atoms with van der Waals surface area (Å²) in [5, 5.41) is 10.6. The van der Waals surface area contributed by atoms with E-state index in [1.54, 1.807) is 0 Å². The maximum absolute atomic E-state index is 14.0. The van der Waals surface area contributed by atoms with Gasteiger partial charge in [-0.1, -0.05) is 110 Å². The van der Waals surface area contributed by atoms with Gasteiger partial charge in [-0.3, -0.25) is 0 Å². The molecule has 0 aliphatic heterocycles. The SMILES string of the molecule is CCc1c(-c2ccc3cc(CO)[nH]c3c2)nc(OCc2ccccc2)c(C(=O)OCc2ccccc2)c1OCc1ccccc1. The van der Waals surface area contributed by atoms with Crippen LogP contribution in [-0.4, -0.2) is 21.0 Å². The summed E-state index contributed by atoms with van der Waals surface area (Å²) in [5.41, 5.74) is 6.73. The van der Waals surface area contributed by atoms with E-state index in [4.69, 9.17) is 19.2 Å². The van der Waals surface area contributed by atoms with E-state index in [1.807, 2.05) is 122 Å². The largest absolute Gasteiger partial charge is 0.487 e. The van der Waals surface area contributed by atoms with Crippen LogP contribution in [0.1, 0.15) is 45.2 Å². The summed E-state index contributed by atoms with van der Waals surface area (Å²) in [4.78, 5) is 22.2. The third kappa shape index (κ3) is 6.89. The lowest BCUT2D eigenvalue weighted by atomic mass is 9.99. The fourth-order valence-electron chi connectivity index (χ4n) is 5.26. The Hall–Kier alpha value is -5.40. The Kier molecular flexibility index (Phi) is 9.18. The van der Waals surface area contributed by atoms with Crippen molar-refractivity contribution < 1.29 is 24.1 Å². The molecule has 0 fully saturated rings. The molecule has 0 aliphatic carbocycles. The second-order valence-electron chi connectivity index (χ2n) is 10.7. The molecule has 2 N–H and O–H groups in total. The molecule has 0 spiro atoms. The van der Waals surface area contributed by atoms with E-state index in [-0.39, 0.29) is 37.9 Å². The zero-order valence-corrected chi connectivity index (χ0v) is 25.0. The third-order valence-electron chi connectivity index (χ3n) is 7.55. The number of H-pyrrole nitrogens is 1. The van der Waals surface area contributed by atoms with Gasteiger partial charge in [-0.15, -0.1) is 0 Å². The fourth-order valence-corrected chi connectivity index (χ4v) is 5.26. The predicted octanol–water partition coefficient (Wildman–Crippen LogP) is 7.80. The number of esters is 1. The van der Waals surface area contributed by atoms with E-state index >= 15 is 0 Å². The van der Waals surface area contributed by atoms with E-state index in [2.05, 4.69) is 4.98 Å². The molecule has 2 heterocycles. The van der Waals surface area contributed by atoms with Crippen molar-refractivity contribution in [2.24, 2.45) is 0 Å². The number of rotatable bonds is 12. The number of nitrogens with zero attached hydrogens (tertiary/aromatic N) is 1. The molecule has 4 aromatic carbocycles. The molecule has 0 bridgehead atoms. The van der Waals surface area contributed by atoms with Crippen LogP contribution in [-0.2, 0) is 37.6 Å². The molecule has 7 heteroatoms. The van der Waals surface area contributed by atoms with Gasteiger partial charge in [0.15, 0.2) is 5.56 Å². The summed E-state index contributed by atoms with van der Waals surface area (Å²) in [6.45, 7) is 2.46. The van der Waals surface area contributed by atoms with Crippen molar-refractivity contribution >= 4 is 16.9 Å². The number of benzene rings is 4. The van der Waals surface area contributed by atoms with E-state index in [0.717, 1.165) is 44.4 Å². The fraction of sp³-hybridized carbons (Fsp3) is 0.158. The van der Waals surface area contributed by atoms with E-state index in [9.17, 15) is 9.90 Å². The smallest absolute Gasteiger partial charge is 0.347 e. The van der Waals surface area contributed by atoms with Crippen LogP contribution in [0.5, 0.6) is 11.6 Å². The summed E-state index contributed by atoms with van der Waals surface area (Å²) in [6, 6.07) is 37.0. The Labute approximate surface area is 262 Å². The highest BCUT2D eigenvalue weighted by Gasteiger charge is 2.29. The van der Waals surface area contributed by atoms with Crippen LogP contribution in [0.15, 0.2) is 115 Å². The molecule has 226 valence electrons. The average Bonchev–Trinajstić information content (AvgIpc) is 3.52. The lowest BCUT2D eigenvalue weighted by molar-refractivity contribution is 0.0460. The Morgan fingerprint density at radius 2 is 1.36 bits per heavy atom. The van der Waals surface area contributed by atoms with Crippen molar-refractivity contribution in [1.29, 1.82) is 0 Å². The monoisotopic (exact) mass is 598 g/mol. The molecule has 0 saturated heterocycles. The number of pyridine rings is 1. The first-order valence-electron chi connectivity index (χ1n) is 15.0. The lowest BCUT2D eigenvalue weighted by Crippen LogP contribution is -2.15. The first kappa shape index (κ1) is 29.7. The Morgan fingerprint density at radius 3 is 1.96 bits per heavy atom. The molecule has 7 nitrogen and oxygen atoms in total. The highest BCUT2D eigenvalue weighted by Crippen LogP contribution is 2.40. The summed E-state index contributed by atoms with van der Waals surface area (Å²) in [5.74, 6) is -0.0592. The number of fused-ring (bicyclic) bond motifs is 1. The number of ether oxygens (including phenoxy) is 3. The van der Waals surface area contributed by atoms with Crippen molar-refractivity contribution in [3.8, 4) is 22.9 Å². The Bertz CT molecular complexity index is 1890. The van der Waals surface area contributed by atoms with Crippen LogP contribution in [0, 0.1) is 0 Å². The average molecular weight is 599 g/mol. The van der Waals surface area contributed by atoms with Crippen LogP contribution in [0.3, 0.4) is 0 Å². The number of aliphatic hydroxyl groups is 1. The minimum absolute atomic E-state index is 0.0861. The maximum atomic E-state index is 14.0. The third-order valence-corrected chi connectivity index (χ3v) is 7.55. The number of aromatic nitrogens is 2. The van der Waals surface area contributed by atoms with Crippen LogP contribution in [0.25, 0.3) is 22.2 Å². The second kappa shape index (κ2) is 13.9. The minimum Gasteiger partial charge on any atom is -0.487 e. The summed E-state index contributed by atoms with van der Waals surface area (Å²) >= 11 is 0. The van der Waals surface area contributed by atoms with E-state index in [1.165, 1.54) is 0 Å². The number of hydrogen-bond donors (Lipinski definition) is 2. The Balaban J connectivity index is 1.48. The maximum Gasteiger partial charge on any atom is 0.347 e. The van der Waals surface area contributed by atoms with Crippen molar-refractivity contribution in [2.45, 2.75) is 39.8 Å². The minimum atomic E-state index is -0.578. The number of hydrogen-bond acceptors (Lipinski definition) is 6. The van der Waals surface area contributed by atoms with Gasteiger partial charge in [0.05, 0.1) is 12.3 Å².